The van der Waals surface area contributed by atoms with E-state index in [1.165, 1.54) is 34.2 Å². The molecule has 1 aliphatic heterocycles. The first-order valence-corrected chi connectivity index (χ1v) is 11.3. The number of benzene rings is 2. The summed E-state index contributed by atoms with van der Waals surface area (Å²) in [6, 6.07) is 11.6. The summed E-state index contributed by atoms with van der Waals surface area (Å²) < 4.78 is 39.2. The maximum Gasteiger partial charge on any atom is 0.418 e. The topological polar surface area (TPSA) is 35.6 Å². The van der Waals surface area contributed by atoms with E-state index in [1.54, 1.807) is 0 Å². The third kappa shape index (κ3) is 6.98. The van der Waals surface area contributed by atoms with Crippen LogP contribution in [0.2, 0.25) is 0 Å². The maximum atomic E-state index is 13.1. The van der Waals surface area contributed by atoms with E-state index < -0.39 is 17.6 Å². The van der Waals surface area contributed by atoms with Crippen molar-refractivity contribution in [3.05, 3.63) is 59.2 Å². The summed E-state index contributed by atoms with van der Waals surface area (Å²) in [6.45, 7) is 8.44. The smallest absolute Gasteiger partial charge is 0.324 e. The molecule has 0 atom stereocenters. The van der Waals surface area contributed by atoms with Gasteiger partial charge in [-0.15, -0.1) is 11.8 Å². The number of nitrogens with one attached hydrogen (secondary N) is 1. The van der Waals surface area contributed by atoms with Crippen molar-refractivity contribution >= 4 is 23.4 Å². The van der Waals surface area contributed by atoms with Gasteiger partial charge in [-0.1, -0.05) is 18.2 Å². The lowest BCUT2D eigenvalue weighted by Gasteiger charge is -2.34. The van der Waals surface area contributed by atoms with Crippen LogP contribution in [0.1, 0.15) is 16.7 Å². The van der Waals surface area contributed by atoms with Crippen LogP contribution >= 0.6 is 11.8 Å². The summed E-state index contributed by atoms with van der Waals surface area (Å²) in [5.74, 6) is 0.576. The zero-order chi connectivity index (χ0) is 22.4. The molecule has 1 aliphatic rings. The summed E-state index contributed by atoms with van der Waals surface area (Å²) in [4.78, 5) is 17.9. The van der Waals surface area contributed by atoms with E-state index in [2.05, 4.69) is 42.3 Å². The zero-order valence-electron chi connectivity index (χ0n) is 17.8. The molecule has 0 radical (unpaired) electrons. The Balaban J connectivity index is 1.40. The number of piperazine rings is 1. The summed E-state index contributed by atoms with van der Waals surface area (Å²) in [6.07, 6.45) is -4.50. The van der Waals surface area contributed by atoms with Crippen LogP contribution in [0.5, 0.6) is 0 Å². The van der Waals surface area contributed by atoms with Crippen LogP contribution in [0.3, 0.4) is 0 Å². The van der Waals surface area contributed by atoms with Crippen molar-refractivity contribution in [1.29, 1.82) is 0 Å². The normalized spacial score (nSPS) is 15.8. The van der Waals surface area contributed by atoms with Crippen LogP contribution in [0.25, 0.3) is 0 Å². The lowest BCUT2D eigenvalue weighted by atomic mass is 10.1. The Hall–Kier alpha value is -2.03. The standard InChI is InChI=1S/C23H28F3N3OS/c1-17-7-8-19(15-18(17)2)31-14-13-28-9-11-29(12-10-28)16-22(30)27-21-6-4-3-5-20(21)23(24,25)26/h3-8,15H,9-14,16H2,1-2H3,(H,27,30). The SMILES string of the molecule is Cc1ccc(SCCN2CCN(CC(=O)Nc3ccccc3C(F)(F)F)CC2)cc1C. The fourth-order valence-electron chi connectivity index (χ4n) is 3.50. The van der Waals surface area contributed by atoms with E-state index in [1.807, 2.05) is 16.7 Å². The highest BCUT2D eigenvalue weighted by atomic mass is 32.2. The molecule has 1 amide bonds. The predicted octanol–water partition coefficient (Wildman–Crippen LogP) is 4.67. The molecule has 1 N–H and O–H groups in total. The molecule has 31 heavy (non-hydrogen) atoms. The Labute approximate surface area is 185 Å². The molecular weight excluding hydrogens is 423 g/mol. The molecule has 0 unspecified atom stereocenters. The number of halogens is 3. The number of amides is 1. The lowest BCUT2D eigenvalue weighted by Crippen LogP contribution is -2.49. The van der Waals surface area contributed by atoms with Gasteiger partial charge in [-0.25, -0.2) is 0 Å². The zero-order valence-corrected chi connectivity index (χ0v) is 18.7. The van der Waals surface area contributed by atoms with Gasteiger partial charge in [0.1, 0.15) is 0 Å². The molecule has 3 rings (SSSR count). The Morgan fingerprint density at radius 2 is 1.68 bits per heavy atom. The lowest BCUT2D eigenvalue weighted by molar-refractivity contribution is -0.137. The number of carbonyl (C=O) groups is 1. The van der Waals surface area contributed by atoms with Crippen molar-refractivity contribution in [3.8, 4) is 0 Å². The highest BCUT2D eigenvalue weighted by Crippen LogP contribution is 2.34. The molecule has 1 saturated heterocycles. The van der Waals surface area contributed by atoms with Gasteiger partial charge >= 0.3 is 6.18 Å². The van der Waals surface area contributed by atoms with Gasteiger partial charge in [0.05, 0.1) is 17.8 Å². The van der Waals surface area contributed by atoms with Gasteiger partial charge in [0.2, 0.25) is 5.91 Å². The van der Waals surface area contributed by atoms with Gasteiger partial charge in [-0.3, -0.25) is 14.6 Å². The van der Waals surface area contributed by atoms with Crippen molar-refractivity contribution in [3.63, 3.8) is 0 Å². The van der Waals surface area contributed by atoms with Crippen molar-refractivity contribution in [2.45, 2.75) is 24.9 Å². The first kappa shape index (κ1) is 23.6. The number of aryl methyl sites for hydroxylation is 2. The quantitative estimate of drug-likeness (QED) is 0.621. The number of hydrogen-bond acceptors (Lipinski definition) is 4. The minimum Gasteiger partial charge on any atom is -0.324 e. The Kier molecular flexibility index (Phi) is 8.02. The number of anilines is 1. The number of thioether (sulfide) groups is 1. The van der Waals surface area contributed by atoms with E-state index in [-0.39, 0.29) is 12.2 Å². The fraction of sp³-hybridized carbons (Fsp3) is 0.435. The molecule has 0 aromatic heterocycles. The van der Waals surface area contributed by atoms with Gasteiger partial charge in [0, 0.05) is 43.4 Å². The fourth-order valence-corrected chi connectivity index (χ4v) is 4.51. The number of hydrogen-bond donors (Lipinski definition) is 1. The molecular formula is C23H28F3N3OS. The molecule has 8 heteroatoms. The van der Waals surface area contributed by atoms with Crippen LogP contribution in [0.4, 0.5) is 18.9 Å². The molecule has 0 aliphatic carbocycles. The largest absolute Gasteiger partial charge is 0.418 e. The van der Waals surface area contributed by atoms with Gasteiger partial charge < -0.3 is 5.32 Å². The molecule has 4 nitrogen and oxygen atoms in total. The van der Waals surface area contributed by atoms with Crippen molar-refractivity contribution in [2.75, 3.05) is 50.3 Å². The second kappa shape index (κ2) is 10.5. The first-order chi connectivity index (χ1) is 14.7. The van der Waals surface area contributed by atoms with E-state index in [9.17, 15) is 18.0 Å². The van der Waals surface area contributed by atoms with Crippen LogP contribution in [0, 0.1) is 13.8 Å². The minimum atomic E-state index is -4.50. The molecule has 168 valence electrons. The highest BCUT2D eigenvalue weighted by molar-refractivity contribution is 7.99. The van der Waals surface area contributed by atoms with Gasteiger partial charge in [0.15, 0.2) is 0 Å². The van der Waals surface area contributed by atoms with Gasteiger partial charge in [-0.05, 0) is 49.2 Å². The van der Waals surface area contributed by atoms with Gasteiger partial charge in [-0.2, -0.15) is 13.2 Å². The highest BCUT2D eigenvalue weighted by Gasteiger charge is 2.33. The maximum absolute atomic E-state index is 13.1. The Morgan fingerprint density at radius 1 is 1.00 bits per heavy atom. The molecule has 0 saturated carbocycles. The second-order valence-corrected chi connectivity index (χ2v) is 8.97. The number of carbonyl (C=O) groups excluding carboxylic acids is 1. The van der Waals surface area contributed by atoms with Crippen LogP contribution in [-0.4, -0.2) is 60.7 Å². The van der Waals surface area contributed by atoms with Crippen molar-refractivity contribution in [2.24, 2.45) is 0 Å². The molecule has 0 bridgehead atoms. The summed E-state index contributed by atoms with van der Waals surface area (Å²) in [7, 11) is 0. The van der Waals surface area contributed by atoms with Crippen LogP contribution < -0.4 is 5.32 Å². The van der Waals surface area contributed by atoms with Gasteiger partial charge in [0.25, 0.3) is 0 Å². The average molecular weight is 452 g/mol. The summed E-state index contributed by atoms with van der Waals surface area (Å²) in [5.41, 5.74) is 1.58. The monoisotopic (exact) mass is 451 g/mol. The van der Waals surface area contributed by atoms with Crippen LogP contribution in [0.15, 0.2) is 47.4 Å². The minimum absolute atomic E-state index is 0.0947. The first-order valence-electron chi connectivity index (χ1n) is 10.3. The van der Waals surface area contributed by atoms with E-state index in [4.69, 9.17) is 0 Å². The number of para-hydroxylation sites is 1. The van der Waals surface area contributed by atoms with E-state index in [0.717, 1.165) is 44.5 Å². The molecule has 1 heterocycles. The second-order valence-electron chi connectivity index (χ2n) is 7.80. The summed E-state index contributed by atoms with van der Waals surface area (Å²) >= 11 is 1.84. The Morgan fingerprint density at radius 3 is 2.35 bits per heavy atom. The van der Waals surface area contributed by atoms with Crippen LogP contribution in [-0.2, 0) is 11.0 Å². The molecule has 0 spiro atoms. The number of alkyl halides is 3. The van der Waals surface area contributed by atoms with Crippen molar-refractivity contribution < 1.29 is 18.0 Å². The van der Waals surface area contributed by atoms with E-state index >= 15 is 0 Å². The van der Waals surface area contributed by atoms with E-state index in [0.29, 0.717) is 0 Å². The molecule has 2 aromatic carbocycles. The molecule has 2 aromatic rings. The van der Waals surface area contributed by atoms with Crippen molar-refractivity contribution in [1.82, 2.24) is 9.80 Å². The Bertz CT molecular complexity index is 896. The number of nitrogens with zero attached hydrogens (tertiary/aromatic N) is 2. The average Bonchev–Trinajstić information content (AvgIpc) is 2.71. The number of rotatable bonds is 7. The summed E-state index contributed by atoms with van der Waals surface area (Å²) in [5, 5.41) is 2.42. The third-order valence-electron chi connectivity index (χ3n) is 5.49. The predicted molar refractivity (Wildman–Crippen MR) is 120 cm³/mol. The molecule has 1 fully saturated rings. The third-order valence-corrected chi connectivity index (χ3v) is 6.47.